The molecule has 0 unspecified atom stereocenters. The highest BCUT2D eigenvalue weighted by Gasteiger charge is 2.22. The van der Waals surface area contributed by atoms with E-state index in [0.29, 0.717) is 36.2 Å². The summed E-state index contributed by atoms with van der Waals surface area (Å²) in [7, 11) is -0.955. The molecule has 3 aromatic carbocycles. The zero-order valence-electron chi connectivity index (χ0n) is 19.5. The predicted octanol–water partition coefficient (Wildman–Crippen LogP) is 3.94. The molecule has 10 heteroatoms. The van der Waals surface area contributed by atoms with Crippen molar-refractivity contribution in [2.75, 3.05) is 32.2 Å². The Bertz CT molecular complexity index is 1350. The highest BCUT2D eigenvalue weighted by Crippen LogP contribution is 2.33. The number of esters is 1. The van der Waals surface area contributed by atoms with Gasteiger partial charge < -0.3 is 23.7 Å². The first-order valence-electron chi connectivity index (χ1n) is 10.7. The Balaban J connectivity index is 1.53. The molecule has 0 fully saturated rings. The van der Waals surface area contributed by atoms with Crippen LogP contribution in [0, 0.1) is 6.92 Å². The van der Waals surface area contributed by atoms with Crippen molar-refractivity contribution < 1.29 is 36.9 Å². The van der Waals surface area contributed by atoms with Gasteiger partial charge in [0.15, 0.2) is 23.0 Å². The van der Waals surface area contributed by atoms with Gasteiger partial charge in [0, 0.05) is 6.07 Å². The van der Waals surface area contributed by atoms with Gasteiger partial charge in [0.1, 0.15) is 19.8 Å². The minimum absolute atomic E-state index is 0.0223. The molecule has 1 aliphatic rings. The molecule has 3 aromatic rings. The number of hydrogen-bond donors (Lipinski definition) is 1. The number of nitrogens with one attached hydrogen (secondary N) is 1. The Morgan fingerprint density at radius 2 is 1.63 bits per heavy atom. The summed E-state index contributed by atoms with van der Waals surface area (Å²) in [6.45, 7) is 2.56. The predicted molar refractivity (Wildman–Crippen MR) is 128 cm³/mol. The number of fused-ring (bicyclic) bond motifs is 1. The first-order valence-corrected chi connectivity index (χ1v) is 12.2. The van der Waals surface area contributed by atoms with Crippen molar-refractivity contribution in [3.05, 3.63) is 71.3 Å². The zero-order valence-corrected chi connectivity index (χ0v) is 20.3. The van der Waals surface area contributed by atoms with Crippen LogP contribution in [0.1, 0.15) is 21.5 Å². The number of carbonyl (C=O) groups is 1. The third-order valence-electron chi connectivity index (χ3n) is 5.42. The molecular formula is C25H25NO8S. The molecule has 0 aromatic heterocycles. The molecular weight excluding hydrogens is 474 g/mol. The molecule has 0 atom stereocenters. The summed E-state index contributed by atoms with van der Waals surface area (Å²) in [6, 6.07) is 14.1. The quantitative estimate of drug-likeness (QED) is 0.464. The van der Waals surface area contributed by atoms with Crippen LogP contribution in [0.2, 0.25) is 0 Å². The van der Waals surface area contributed by atoms with Crippen LogP contribution in [0.3, 0.4) is 0 Å². The van der Waals surface area contributed by atoms with E-state index < -0.39 is 16.0 Å². The van der Waals surface area contributed by atoms with E-state index in [1.165, 1.54) is 37.4 Å². The topological polar surface area (TPSA) is 109 Å². The minimum Gasteiger partial charge on any atom is -0.493 e. The number of methoxy groups -OCH3 is 2. The lowest BCUT2D eigenvalue weighted by atomic mass is 10.1. The number of carbonyl (C=O) groups excluding carboxylic acids is 1. The number of ether oxygens (including phenoxy) is 5. The standard InChI is InChI=1S/C25H25NO8S/c1-16-12-22(30-2)23(31-3)13-17(16)15-34-25(27)19-6-4-5-7-20(19)26-35(28,29)18-8-9-21-24(14-18)33-11-10-32-21/h4-9,12-14,26H,10-11,15H2,1-3H3. The lowest BCUT2D eigenvalue weighted by Crippen LogP contribution is -2.18. The lowest BCUT2D eigenvalue weighted by Gasteiger charge is -2.19. The fraction of sp³-hybridized carbons (Fsp3) is 0.240. The summed E-state index contributed by atoms with van der Waals surface area (Å²) in [6.07, 6.45) is 0. The third kappa shape index (κ3) is 5.27. The van der Waals surface area contributed by atoms with Crippen LogP contribution >= 0.6 is 0 Å². The van der Waals surface area contributed by atoms with Crippen LogP contribution in [0.15, 0.2) is 59.5 Å². The summed E-state index contributed by atoms with van der Waals surface area (Å²) < 4.78 is 55.6. The molecule has 9 nitrogen and oxygen atoms in total. The van der Waals surface area contributed by atoms with Gasteiger partial charge in [-0.15, -0.1) is 0 Å². The summed E-state index contributed by atoms with van der Waals surface area (Å²) in [5.41, 5.74) is 1.75. The van der Waals surface area contributed by atoms with Gasteiger partial charge in [0.2, 0.25) is 0 Å². The van der Waals surface area contributed by atoms with Crippen LogP contribution in [0.4, 0.5) is 5.69 Å². The van der Waals surface area contributed by atoms with Gasteiger partial charge in [-0.1, -0.05) is 12.1 Å². The molecule has 0 amide bonds. The number of anilines is 1. The molecule has 0 saturated carbocycles. The van der Waals surface area contributed by atoms with Crippen LogP contribution in [0.25, 0.3) is 0 Å². The van der Waals surface area contributed by atoms with Crippen molar-refractivity contribution in [1.29, 1.82) is 0 Å². The third-order valence-corrected chi connectivity index (χ3v) is 6.78. The van der Waals surface area contributed by atoms with E-state index >= 15 is 0 Å². The van der Waals surface area contributed by atoms with Gasteiger partial charge in [-0.05, 0) is 54.4 Å². The molecule has 0 saturated heterocycles. The zero-order chi connectivity index (χ0) is 25.0. The maximum atomic E-state index is 13.0. The van der Waals surface area contributed by atoms with Gasteiger partial charge in [-0.25, -0.2) is 13.2 Å². The summed E-state index contributed by atoms with van der Waals surface area (Å²) in [5, 5.41) is 0. The Kier molecular flexibility index (Phi) is 7.02. The van der Waals surface area contributed by atoms with E-state index in [1.807, 2.05) is 6.92 Å². The second kappa shape index (κ2) is 10.1. The molecule has 1 aliphatic heterocycles. The molecule has 35 heavy (non-hydrogen) atoms. The number of para-hydroxylation sites is 1. The molecule has 1 heterocycles. The molecule has 4 rings (SSSR count). The SMILES string of the molecule is COc1cc(C)c(COC(=O)c2ccccc2NS(=O)(=O)c2ccc3c(c2)OCCO3)cc1OC. The molecule has 0 bridgehead atoms. The van der Waals surface area contributed by atoms with Crippen LogP contribution in [-0.2, 0) is 21.4 Å². The van der Waals surface area contributed by atoms with E-state index in [2.05, 4.69) is 4.72 Å². The van der Waals surface area contributed by atoms with E-state index in [9.17, 15) is 13.2 Å². The Morgan fingerprint density at radius 1 is 0.943 bits per heavy atom. The van der Waals surface area contributed by atoms with Gasteiger partial charge in [0.25, 0.3) is 10.0 Å². The van der Waals surface area contributed by atoms with Crippen molar-refractivity contribution in [2.24, 2.45) is 0 Å². The van der Waals surface area contributed by atoms with Crippen LogP contribution < -0.4 is 23.7 Å². The average Bonchev–Trinajstić information content (AvgIpc) is 2.87. The van der Waals surface area contributed by atoms with Gasteiger partial charge in [-0.3, -0.25) is 4.72 Å². The Labute approximate surface area is 203 Å². The van der Waals surface area contributed by atoms with E-state index in [0.717, 1.165) is 11.1 Å². The summed E-state index contributed by atoms with van der Waals surface area (Å²) in [5.74, 6) is 1.22. The smallest absolute Gasteiger partial charge is 0.340 e. The Hall–Kier alpha value is -3.92. The number of aryl methyl sites for hydroxylation is 1. The maximum Gasteiger partial charge on any atom is 0.340 e. The summed E-state index contributed by atoms with van der Waals surface area (Å²) >= 11 is 0. The molecule has 184 valence electrons. The van der Waals surface area contributed by atoms with Crippen LogP contribution in [-0.4, -0.2) is 41.8 Å². The maximum absolute atomic E-state index is 13.0. The number of sulfonamides is 1. The monoisotopic (exact) mass is 499 g/mol. The lowest BCUT2D eigenvalue weighted by molar-refractivity contribution is 0.0473. The number of benzene rings is 3. The molecule has 0 radical (unpaired) electrons. The fourth-order valence-electron chi connectivity index (χ4n) is 3.54. The van der Waals surface area contributed by atoms with E-state index in [1.54, 1.807) is 31.4 Å². The van der Waals surface area contributed by atoms with Gasteiger partial charge in [0.05, 0.1) is 30.4 Å². The minimum atomic E-state index is -4.02. The number of rotatable bonds is 8. The van der Waals surface area contributed by atoms with E-state index in [-0.39, 0.29) is 22.8 Å². The van der Waals surface area contributed by atoms with Gasteiger partial charge in [-0.2, -0.15) is 0 Å². The van der Waals surface area contributed by atoms with Crippen molar-refractivity contribution in [1.82, 2.24) is 0 Å². The highest BCUT2D eigenvalue weighted by molar-refractivity contribution is 7.92. The van der Waals surface area contributed by atoms with Crippen molar-refractivity contribution in [3.63, 3.8) is 0 Å². The van der Waals surface area contributed by atoms with Gasteiger partial charge >= 0.3 is 5.97 Å². The van der Waals surface area contributed by atoms with Crippen molar-refractivity contribution >= 4 is 21.7 Å². The first kappa shape index (κ1) is 24.2. The largest absolute Gasteiger partial charge is 0.493 e. The molecule has 0 spiro atoms. The van der Waals surface area contributed by atoms with Crippen molar-refractivity contribution in [3.8, 4) is 23.0 Å². The normalized spacial score (nSPS) is 12.5. The summed E-state index contributed by atoms with van der Waals surface area (Å²) in [4.78, 5) is 12.9. The second-order valence-corrected chi connectivity index (χ2v) is 9.35. The molecule has 1 N–H and O–H groups in total. The average molecular weight is 500 g/mol. The number of hydrogen-bond acceptors (Lipinski definition) is 8. The Morgan fingerprint density at radius 3 is 2.37 bits per heavy atom. The molecule has 0 aliphatic carbocycles. The second-order valence-electron chi connectivity index (χ2n) is 7.67. The van der Waals surface area contributed by atoms with E-state index in [4.69, 9.17) is 23.7 Å². The fourth-order valence-corrected chi connectivity index (χ4v) is 4.64. The van der Waals surface area contributed by atoms with Crippen molar-refractivity contribution in [2.45, 2.75) is 18.4 Å². The van der Waals surface area contributed by atoms with Crippen LogP contribution in [0.5, 0.6) is 23.0 Å². The first-order chi connectivity index (χ1) is 16.8. The highest BCUT2D eigenvalue weighted by atomic mass is 32.2.